The van der Waals surface area contributed by atoms with Crippen LogP contribution in [0.3, 0.4) is 0 Å². The molecule has 2 aromatic rings. The van der Waals surface area contributed by atoms with Crippen LogP contribution in [0.25, 0.3) is 5.57 Å². The summed E-state index contributed by atoms with van der Waals surface area (Å²) in [6.07, 6.45) is 1.36. The maximum atomic E-state index is 11.3. The lowest BCUT2D eigenvalue weighted by Crippen LogP contribution is -2.12. The van der Waals surface area contributed by atoms with Crippen molar-refractivity contribution in [1.82, 2.24) is 20.6 Å². The molecule has 0 bridgehead atoms. The summed E-state index contributed by atoms with van der Waals surface area (Å²) in [7, 11) is -3.79. The van der Waals surface area contributed by atoms with E-state index in [0.717, 1.165) is 5.56 Å². The second kappa shape index (κ2) is 5.70. The molecular weight excluding hydrogens is 294 g/mol. The van der Waals surface area contributed by atoms with Crippen LogP contribution in [0.4, 0.5) is 5.69 Å². The molecule has 0 unspecified atom stereocenters. The number of aryl methyl sites for hydroxylation is 1. The summed E-state index contributed by atoms with van der Waals surface area (Å²) < 4.78 is 22.7. The third-order valence-electron chi connectivity index (χ3n) is 2.62. The first kappa shape index (κ1) is 14.6. The molecule has 0 aliphatic rings. The Balaban J connectivity index is 2.34. The van der Waals surface area contributed by atoms with E-state index in [1.165, 1.54) is 18.3 Å². The number of sulfonamides is 1. The van der Waals surface area contributed by atoms with Gasteiger partial charge in [0.2, 0.25) is 15.8 Å². The van der Waals surface area contributed by atoms with Gasteiger partial charge in [-0.1, -0.05) is 6.07 Å². The fourth-order valence-corrected chi connectivity index (χ4v) is 2.05. The van der Waals surface area contributed by atoms with Gasteiger partial charge in [0.25, 0.3) is 0 Å². The summed E-state index contributed by atoms with van der Waals surface area (Å²) in [5.74, 6) is 0.130. The lowest BCUT2D eigenvalue weighted by Gasteiger charge is -2.07. The number of nitrogens with one attached hydrogen (secondary N) is 2. The van der Waals surface area contributed by atoms with Crippen molar-refractivity contribution >= 4 is 21.3 Å². The van der Waals surface area contributed by atoms with Gasteiger partial charge in [-0.15, -0.1) is 10.2 Å². The number of hydrogen-bond acceptors (Lipinski definition) is 7. The lowest BCUT2D eigenvalue weighted by atomic mass is 10.2. The normalized spacial score (nSPS) is 12.0. The summed E-state index contributed by atoms with van der Waals surface area (Å²) in [6, 6.07) is 6.31. The van der Waals surface area contributed by atoms with E-state index in [1.54, 1.807) is 13.0 Å². The molecule has 0 saturated heterocycles. The average molecular weight is 305 g/mol. The molecule has 0 aliphatic heterocycles. The molecule has 108 valence electrons. The lowest BCUT2D eigenvalue weighted by molar-refractivity contribution is 0.598. The van der Waals surface area contributed by atoms with Gasteiger partial charge in [0, 0.05) is 11.9 Å². The number of anilines is 1. The Morgan fingerprint density at radius 1 is 1.52 bits per heavy atom. The van der Waals surface area contributed by atoms with E-state index in [9.17, 15) is 8.42 Å². The van der Waals surface area contributed by atoms with E-state index in [-0.39, 0.29) is 16.3 Å². The maximum Gasteiger partial charge on any atom is 0.238 e. The highest BCUT2D eigenvalue weighted by molar-refractivity contribution is 7.89. The predicted octanol–water partition coefficient (Wildman–Crippen LogP) is 0.132. The molecule has 0 fully saturated rings. The van der Waals surface area contributed by atoms with Crippen molar-refractivity contribution in [1.29, 1.82) is 5.26 Å². The zero-order chi connectivity index (χ0) is 15.5. The number of allylic oxidation sites excluding steroid dienone is 1. The maximum absolute atomic E-state index is 11.3. The van der Waals surface area contributed by atoms with Gasteiger partial charge >= 0.3 is 0 Å². The molecule has 0 atom stereocenters. The fraction of sp³-hybridized carbons (Fsp3) is 0.0909. The number of primary sulfonamides is 1. The largest absolute Gasteiger partial charge is 0.360 e. The summed E-state index contributed by atoms with van der Waals surface area (Å²) >= 11 is 0. The van der Waals surface area contributed by atoms with Gasteiger partial charge in [0.05, 0.1) is 4.90 Å². The third-order valence-corrected chi connectivity index (χ3v) is 3.53. The van der Waals surface area contributed by atoms with Crippen molar-refractivity contribution in [3.63, 3.8) is 0 Å². The van der Waals surface area contributed by atoms with Crippen molar-refractivity contribution < 1.29 is 8.42 Å². The number of aromatic amines is 1. The second-order valence-electron chi connectivity index (χ2n) is 4.07. The van der Waals surface area contributed by atoms with Crippen LogP contribution >= 0.6 is 0 Å². The summed E-state index contributed by atoms with van der Waals surface area (Å²) in [6.45, 7) is 1.78. The molecule has 2 rings (SSSR count). The van der Waals surface area contributed by atoms with Gasteiger partial charge in [0.15, 0.2) is 0 Å². The van der Waals surface area contributed by atoms with Crippen molar-refractivity contribution in [2.24, 2.45) is 5.14 Å². The molecule has 1 aromatic heterocycles. The third kappa shape index (κ3) is 3.41. The van der Waals surface area contributed by atoms with Gasteiger partial charge in [-0.2, -0.15) is 10.5 Å². The quantitative estimate of drug-likeness (QED) is 0.679. The Hall–Kier alpha value is -2.77. The van der Waals surface area contributed by atoms with Crippen LogP contribution in [-0.4, -0.2) is 29.0 Å². The minimum Gasteiger partial charge on any atom is -0.360 e. The number of tetrazole rings is 1. The second-order valence-corrected chi connectivity index (χ2v) is 5.63. The average Bonchev–Trinajstić information content (AvgIpc) is 2.94. The number of H-pyrrole nitrogens is 1. The molecule has 0 radical (unpaired) electrons. The molecule has 4 N–H and O–H groups in total. The van der Waals surface area contributed by atoms with E-state index in [2.05, 4.69) is 25.9 Å². The highest BCUT2D eigenvalue weighted by atomic mass is 32.2. The molecule has 0 saturated carbocycles. The standard InChI is InChI=1S/C11H11N7O2S/c1-7-2-3-9(21(13,19)20)4-10(7)14-6-8(5-12)11-15-17-18-16-11/h2-4,6,14H,1H3,(H2,13,19,20)(H,15,16,17,18). The number of nitrogens with zero attached hydrogens (tertiary/aromatic N) is 4. The monoisotopic (exact) mass is 305 g/mol. The number of nitrogens with two attached hydrogens (primary N) is 1. The van der Waals surface area contributed by atoms with Crippen LogP contribution in [-0.2, 0) is 10.0 Å². The SMILES string of the molecule is Cc1ccc(S(N)(=O)=O)cc1NC=C(C#N)c1nn[nH]n1. The summed E-state index contributed by atoms with van der Waals surface area (Å²) in [4.78, 5) is -0.0259. The molecule has 0 aliphatic carbocycles. The van der Waals surface area contributed by atoms with E-state index in [1.807, 2.05) is 6.07 Å². The topological polar surface area (TPSA) is 150 Å². The van der Waals surface area contributed by atoms with E-state index in [4.69, 9.17) is 10.4 Å². The zero-order valence-electron chi connectivity index (χ0n) is 10.9. The molecule has 0 spiro atoms. The van der Waals surface area contributed by atoms with Crippen LogP contribution in [0.5, 0.6) is 0 Å². The zero-order valence-corrected chi connectivity index (χ0v) is 11.7. The van der Waals surface area contributed by atoms with Crippen LogP contribution in [0.2, 0.25) is 0 Å². The fourth-order valence-electron chi connectivity index (χ4n) is 1.51. The molecule has 21 heavy (non-hydrogen) atoms. The highest BCUT2D eigenvalue weighted by Gasteiger charge is 2.10. The number of rotatable bonds is 4. The summed E-state index contributed by atoms with van der Waals surface area (Å²) in [5.41, 5.74) is 1.42. The van der Waals surface area contributed by atoms with Crippen LogP contribution in [0.15, 0.2) is 29.3 Å². The van der Waals surface area contributed by atoms with E-state index < -0.39 is 10.0 Å². The minimum atomic E-state index is -3.79. The Morgan fingerprint density at radius 2 is 2.29 bits per heavy atom. The van der Waals surface area contributed by atoms with Gasteiger partial charge in [0.1, 0.15) is 11.6 Å². The van der Waals surface area contributed by atoms with Crippen molar-refractivity contribution in [3.05, 3.63) is 35.8 Å². The molecule has 1 heterocycles. The number of aromatic nitrogens is 4. The van der Waals surface area contributed by atoms with Crippen LogP contribution in [0.1, 0.15) is 11.4 Å². The van der Waals surface area contributed by atoms with E-state index >= 15 is 0 Å². The first-order valence-electron chi connectivity index (χ1n) is 5.66. The first-order valence-corrected chi connectivity index (χ1v) is 7.20. The Morgan fingerprint density at radius 3 is 2.86 bits per heavy atom. The predicted molar refractivity (Wildman–Crippen MR) is 73.9 cm³/mol. The van der Waals surface area contributed by atoms with Gasteiger partial charge in [-0.25, -0.2) is 13.6 Å². The minimum absolute atomic E-state index is 0.0259. The number of nitriles is 1. The molecular formula is C11H11N7O2S. The molecule has 0 amide bonds. The van der Waals surface area contributed by atoms with E-state index in [0.29, 0.717) is 5.69 Å². The number of benzene rings is 1. The van der Waals surface area contributed by atoms with Crippen molar-refractivity contribution in [2.45, 2.75) is 11.8 Å². The van der Waals surface area contributed by atoms with Gasteiger partial charge < -0.3 is 5.32 Å². The van der Waals surface area contributed by atoms with Crippen molar-refractivity contribution in [3.8, 4) is 6.07 Å². The Bertz CT molecular complexity index is 819. The van der Waals surface area contributed by atoms with Crippen LogP contribution < -0.4 is 10.5 Å². The Labute approximate surface area is 120 Å². The first-order chi connectivity index (χ1) is 9.91. The Kier molecular flexibility index (Phi) is 3.97. The number of hydrogen-bond donors (Lipinski definition) is 3. The summed E-state index contributed by atoms with van der Waals surface area (Å²) in [5, 5.41) is 29.9. The van der Waals surface area contributed by atoms with Crippen molar-refractivity contribution in [2.75, 3.05) is 5.32 Å². The highest BCUT2D eigenvalue weighted by Crippen LogP contribution is 2.20. The molecule has 1 aromatic carbocycles. The van der Waals surface area contributed by atoms with Crippen LogP contribution in [0, 0.1) is 18.3 Å². The van der Waals surface area contributed by atoms with Gasteiger partial charge in [-0.05, 0) is 29.8 Å². The smallest absolute Gasteiger partial charge is 0.238 e. The molecule has 10 heteroatoms. The van der Waals surface area contributed by atoms with Gasteiger partial charge in [-0.3, -0.25) is 0 Å². The molecule has 9 nitrogen and oxygen atoms in total.